The average Bonchev–Trinajstić information content (AvgIpc) is 2.79. The minimum Gasteiger partial charge on any atom is -0.207 e. The highest BCUT2D eigenvalue weighted by Crippen LogP contribution is 2.33. The third-order valence-corrected chi connectivity index (χ3v) is 4.79. The highest BCUT2D eigenvalue weighted by atomic mass is 19.1. The van der Waals surface area contributed by atoms with Gasteiger partial charge in [0, 0.05) is 0 Å². The third kappa shape index (κ3) is 4.59. The predicted molar refractivity (Wildman–Crippen MR) is 121 cm³/mol. The first kappa shape index (κ1) is 18.6. The second kappa shape index (κ2) is 8.99. The van der Waals surface area contributed by atoms with Crippen LogP contribution in [-0.2, 0) is 0 Å². The van der Waals surface area contributed by atoms with Crippen molar-refractivity contribution in [1.82, 2.24) is 0 Å². The van der Waals surface area contributed by atoms with E-state index in [0.29, 0.717) is 0 Å². The molecule has 0 aliphatic carbocycles. The SMILES string of the molecule is Fc1ccc(/C=C/C(=C(c2ccccc2)c2ccccc2)c2ccccc2)cc1. The molecule has 140 valence electrons. The van der Waals surface area contributed by atoms with Crippen LogP contribution in [0.5, 0.6) is 0 Å². The van der Waals surface area contributed by atoms with E-state index in [1.54, 1.807) is 12.1 Å². The number of hydrogen-bond acceptors (Lipinski definition) is 0. The zero-order valence-corrected chi connectivity index (χ0v) is 16.0. The molecule has 0 aromatic heterocycles. The van der Waals surface area contributed by atoms with Gasteiger partial charge in [0.1, 0.15) is 5.82 Å². The largest absolute Gasteiger partial charge is 0.207 e. The van der Waals surface area contributed by atoms with Crippen molar-refractivity contribution in [3.05, 3.63) is 149 Å². The second-order valence-electron chi connectivity index (χ2n) is 6.77. The van der Waals surface area contributed by atoms with Gasteiger partial charge in [-0.25, -0.2) is 4.39 Å². The lowest BCUT2D eigenvalue weighted by Crippen LogP contribution is -1.93. The van der Waals surface area contributed by atoms with Gasteiger partial charge in [0.05, 0.1) is 0 Å². The summed E-state index contributed by atoms with van der Waals surface area (Å²) in [5, 5.41) is 0. The number of rotatable bonds is 5. The third-order valence-electron chi connectivity index (χ3n) is 4.79. The van der Waals surface area contributed by atoms with E-state index in [1.807, 2.05) is 24.3 Å². The summed E-state index contributed by atoms with van der Waals surface area (Å²) in [5.41, 5.74) is 6.68. The molecule has 0 aliphatic heterocycles. The number of allylic oxidation sites excluding steroid dienone is 2. The molecule has 0 nitrogen and oxygen atoms in total. The fourth-order valence-electron chi connectivity index (χ4n) is 3.38. The summed E-state index contributed by atoms with van der Waals surface area (Å²) >= 11 is 0. The second-order valence-corrected chi connectivity index (χ2v) is 6.77. The Hall–Kier alpha value is -3.71. The molecule has 4 aromatic rings. The molecule has 0 aliphatic rings. The molecule has 0 fully saturated rings. The van der Waals surface area contributed by atoms with Gasteiger partial charge >= 0.3 is 0 Å². The van der Waals surface area contributed by atoms with Crippen LogP contribution in [0.3, 0.4) is 0 Å². The van der Waals surface area contributed by atoms with Crippen molar-refractivity contribution in [3.63, 3.8) is 0 Å². The Kier molecular flexibility index (Phi) is 5.78. The van der Waals surface area contributed by atoms with Crippen LogP contribution in [0.2, 0.25) is 0 Å². The van der Waals surface area contributed by atoms with Gasteiger partial charge in [-0.3, -0.25) is 0 Å². The van der Waals surface area contributed by atoms with Crippen molar-refractivity contribution >= 4 is 17.2 Å². The lowest BCUT2D eigenvalue weighted by Gasteiger charge is -2.15. The summed E-state index contributed by atoms with van der Waals surface area (Å²) in [4.78, 5) is 0. The number of hydrogen-bond donors (Lipinski definition) is 0. The van der Waals surface area contributed by atoms with Crippen LogP contribution in [-0.4, -0.2) is 0 Å². The number of benzene rings is 4. The summed E-state index contributed by atoms with van der Waals surface area (Å²) in [5.74, 6) is -0.227. The van der Waals surface area contributed by atoms with Crippen molar-refractivity contribution in [3.8, 4) is 0 Å². The van der Waals surface area contributed by atoms with Crippen LogP contribution in [0.25, 0.3) is 17.2 Å². The summed E-state index contributed by atoms with van der Waals surface area (Å²) in [6.07, 6.45) is 4.16. The summed E-state index contributed by atoms with van der Waals surface area (Å²) in [7, 11) is 0. The predicted octanol–water partition coefficient (Wildman–Crippen LogP) is 7.50. The first-order chi connectivity index (χ1) is 14.3. The van der Waals surface area contributed by atoms with Gasteiger partial charge in [-0.2, -0.15) is 0 Å². The quantitative estimate of drug-likeness (QED) is 0.250. The van der Waals surface area contributed by atoms with Crippen molar-refractivity contribution in [2.75, 3.05) is 0 Å². The summed E-state index contributed by atoms with van der Waals surface area (Å²) in [6.45, 7) is 0. The molecule has 0 amide bonds. The molecule has 1 heteroatoms. The van der Waals surface area contributed by atoms with E-state index >= 15 is 0 Å². The normalized spacial score (nSPS) is 10.8. The molecule has 0 saturated heterocycles. The molecule has 4 rings (SSSR count). The van der Waals surface area contributed by atoms with Gasteiger partial charge < -0.3 is 0 Å². The lowest BCUT2D eigenvalue weighted by molar-refractivity contribution is 0.628. The molecule has 0 saturated carbocycles. The topological polar surface area (TPSA) is 0 Å². The van der Waals surface area contributed by atoms with Crippen molar-refractivity contribution in [2.24, 2.45) is 0 Å². The van der Waals surface area contributed by atoms with Crippen LogP contribution in [0.15, 0.2) is 121 Å². The Morgan fingerprint density at radius 3 is 1.45 bits per heavy atom. The maximum Gasteiger partial charge on any atom is 0.123 e. The maximum absolute atomic E-state index is 13.3. The minimum atomic E-state index is -0.227. The van der Waals surface area contributed by atoms with E-state index in [0.717, 1.165) is 33.4 Å². The van der Waals surface area contributed by atoms with E-state index < -0.39 is 0 Å². The van der Waals surface area contributed by atoms with Gasteiger partial charge in [-0.15, -0.1) is 0 Å². The first-order valence-electron chi connectivity index (χ1n) is 9.65. The fraction of sp³-hybridized carbons (Fsp3) is 0. The molecule has 29 heavy (non-hydrogen) atoms. The van der Waals surface area contributed by atoms with Gasteiger partial charge in [0.2, 0.25) is 0 Å². The standard InChI is InChI=1S/C28H21F/c29-26-19-16-22(17-20-26)18-21-27(23-10-4-1-5-11-23)28(24-12-6-2-7-13-24)25-14-8-3-9-15-25/h1-21H/b21-18+. The Morgan fingerprint density at radius 1 is 0.517 bits per heavy atom. The monoisotopic (exact) mass is 376 g/mol. The van der Waals surface area contributed by atoms with E-state index in [1.165, 1.54) is 12.1 Å². The molecular formula is C28H21F. The first-order valence-corrected chi connectivity index (χ1v) is 9.65. The van der Waals surface area contributed by atoms with Gasteiger partial charge in [0.15, 0.2) is 0 Å². The zero-order valence-electron chi connectivity index (χ0n) is 16.0. The fourth-order valence-corrected chi connectivity index (χ4v) is 3.38. The van der Waals surface area contributed by atoms with Crippen LogP contribution >= 0.6 is 0 Å². The Bertz CT molecular complexity index is 1070. The zero-order chi connectivity index (χ0) is 19.9. The van der Waals surface area contributed by atoms with Gasteiger partial charge in [0.25, 0.3) is 0 Å². The maximum atomic E-state index is 13.3. The summed E-state index contributed by atoms with van der Waals surface area (Å²) < 4.78 is 13.3. The highest BCUT2D eigenvalue weighted by Gasteiger charge is 2.12. The van der Waals surface area contributed by atoms with Crippen molar-refractivity contribution in [2.45, 2.75) is 0 Å². The number of halogens is 1. The molecule has 0 atom stereocenters. The van der Waals surface area contributed by atoms with E-state index in [4.69, 9.17) is 0 Å². The molecule has 0 heterocycles. The minimum absolute atomic E-state index is 0.227. The van der Waals surface area contributed by atoms with Crippen LogP contribution in [0, 0.1) is 5.82 Å². The van der Waals surface area contributed by atoms with E-state index in [-0.39, 0.29) is 5.82 Å². The smallest absolute Gasteiger partial charge is 0.123 e. The Morgan fingerprint density at radius 2 is 0.966 bits per heavy atom. The van der Waals surface area contributed by atoms with Crippen LogP contribution in [0.1, 0.15) is 22.3 Å². The molecule has 0 bridgehead atoms. The average molecular weight is 376 g/mol. The molecule has 0 N–H and O–H groups in total. The van der Waals surface area contributed by atoms with Gasteiger partial charge in [-0.1, -0.05) is 115 Å². The summed E-state index contributed by atoms with van der Waals surface area (Å²) in [6, 6.07) is 37.8. The van der Waals surface area contributed by atoms with Crippen LogP contribution in [0.4, 0.5) is 4.39 Å². The highest BCUT2D eigenvalue weighted by molar-refractivity contribution is 6.03. The Labute approximate surface area is 171 Å². The van der Waals surface area contributed by atoms with Crippen molar-refractivity contribution < 1.29 is 4.39 Å². The molecule has 4 aromatic carbocycles. The van der Waals surface area contributed by atoms with Gasteiger partial charge in [-0.05, 0) is 45.5 Å². The van der Waals surface area contributed by atoms with E-state index in [2.05, 4.69) is 78.9 Å². The molecular weight excluding hydrogens is 355 g/mol. The van der Waals surface area contributed by atoms with E-state index in [9.17, 15) is 4.39 Å². The Balaban J connectivity index is 1.94. The van der Waals surface area contributed by atoms with Crippen molar-refractivity contribution in [1.29, 1.82) is 0 Å². The molecule has 0 spiro atoms. The van der Waals surface area contributed by atoms with Crippen LogP contribution < -0.4 is 0 Å². The molecule has 0 unspecified atom stereocenters. The molecule has 0 radical (unpaired) electrons. The lowest BCUT2D eigenvalue weighted by atomic mass is 9.89.